The highest BCUT2D eigenvalue weighted by molar-refractivity contribution is 5.80. The Morgan fingerprint density at radius 3 is 2.46 bits per heavy atom. The molecule has 1 heterocycles. The fraction of sp³-hybridized carbons (Fsp3) is 0.778. The molecule has 1 saturated heterocycles. The normalized spacial score (nSPS) is 18.7. The van der Waals surface area contributed by atoms with Crippen molar-refractivity contribution in [2.75, 3.05) is 13.1 Å². The van der Waals surface area contributed by atoms with Crippen molar-refractivity contribution in [1.82, 2.24) is 4.90 Å². The molecule has 0 saturated carbocycles. The van der Waals surface area contributed by atoms with E-state index >= 15 is 0 Å². The van der Waals surface area contributed by atoms with Crippen LogP contribution in [0.3, 0.4) is 0 Å². The first-order chi connectivity index (χ1) is 6.15. The van der Waals surface area contributed by atoms with E-state index < -0.39 is 0 Å². The molecule has 0 bridgehead atoms. The first-order valence-corrected chi connectivity index (χ1v) is 4.76. The van der Waals surface area contributed by atoms with Crippen LogP contribution >= 0.6 is 0 Å². The number of nitrogens with zero attached hydrogens (tertiary/aromatic N) is 1. The van der Waals surface area contributed by atoms with Crippen LogP contribution in [0.25, 0.3) is 0 Å². The Labute approximate surface area is 78.6 Å². The van der Waals surface area contributed by atoms with Crippen LogP contribution in [0.15, 0.2) is 0 Å². The minimum atomic E-state index is 0.195. The van der Waals surface area contributed by atoms with Gasteiger partial charge < -0.3 is 10.6 Å². The Bertz CT molecular complexity index is 207. The van der Waals surface area contributed by atoms with Gasteiger partial charge in [0, 0.05) is 25.4 Å². The lowest BCUT2D eigenvalue weighted by Crippen LogP contribution is -2.41. The van der Waals surface area contributed by atoms with Crippen LogP contribution in [-0.4, -0.2) is 29.7 Å². The van der Waals surface area contributed by atoms with Crippen molar-refractivity contribution >= 4 is 11.7 Å². The van der Waals surface area contributed by atoms with Crippen molar-refractivity contribution in [2.45, 2.75) is 26.2 Å². The summed E-state index contributed by atoms with van der Waals surface area (Å²) in [6.45, 7) is 3.40. The summed E-state index contributed by atoms with van der Waals surface area (Å²) in [4.78, 5) is 13.1. The smallest absolute Gasteiger partial charge is 0.222 e. The van der Waals surface area contributed by atoms with Gasteiger partial charge in [0.05, 0.1) is 5.84 Å². The molecule has 0 aromatic carbocycles. The number of likely N-dealkylation sites (tertiary alicyclic amines) is 1. The molecule has 0 radical (unpaired) electrons. The lowest BCUT2D eigenvalue weighted by Gasteiger charge is -2.31. The van der Waals surface area contributed by atoms with E-state index in [1.165, 1.54) is 0 Å². The molecule has 0 aliphatic carbocycles. The number of nitrogens with two attached hydrogens (primary N) is 1. The van der Waals surface area contributed by atoms with Gasteiger partial charge in [-0.3, -0.25) is 10.2 Å². The summed E-state index contributed by atoms with van der Waals surface area (Å²) < 4.78 is 0. The van der Waals surface area contributed by atoms with Gasteiger partial charge in [0.2, 0.25) is 5.91 Å². The number of piperidine rings is 1. The predicted molar refractivity (Wildman–Crippen MR) is 51.5 cm³/mol. The monoisotopic (exact) mass is 183 g/mol. The number of amidine groups is 1. The Morgan fingerprint density at radius 2 is 2.08 bits per heavy atom. The van der Waals surface area contributed by atoms with Crippen LogP contribution in [0, 0.1) is 11.3 Å². The molecule has 0 spiro atoms. The predicted octanol–water partition coefficient (Wildman–Crippen LogP) is 0.571. The molecule has 1 amide bonds. The second-order valence-corrected chi connectivity index (χ2v) is 3.46. The summed E-state index contributed by atoms with van der Waals surface area (Å²) in [5, 5.41) is 7.28. The average molecular weight is 183 g/mol. The van der Waals surface area contributed by atoms with Gasteiger partial charge in [-0.25, -0.2) is 0 Å². The van der Waals surface area contributed by atoms with E-state index in [2.05, 4.69) is 0 Å². The van der Waals surface area contributed by atoms with Gasteiger partial charge in [-0.05, 0) is 12.8 Å². The average Bonchev–Trinajstić information content (AvgIpc) is 2.17. The second-order valence-electron chi connectivity index (χ2n) is 3.46. The molecule has 0 atom stereocenters. The number of hydrogen-bond donors (Lipinski definition) is 2. The molecule has 1 aliphatic heterocycles. The van der Waals surface area contributed by atoms with E-state index in [-0.39, 0.29) is 17.7 Å². The van der Waals surface area contributed by atoms with Gasteiger partial charge in [-0.15, -0.1) is 0 Å². The summed E-state index contributed by atoms with van der Waals surface area (Å²) in [5.41, 5.74) is 5.40. The molecule has 0 aromatic heterocycles. The molecule has 1 aliphatic rings. The van der Waals surface area contributed by atoms with Crippen molar-refractivity contribution in [2.24, 2.45) is 11.7 Å². The van der Waals surface area contributed by atoms with Gasteiger partial charge in [-0.2, -0.15) is 0 Å². The second kappa shape index (κ2) is 4.25. The van der Waals surface area contributed by atoms with Crippen molar-refractivity contribution in [3.8, 4) is 0 Å². The Kier molecular flexibility index (Phi) is 3.28. The molecule has 0 unspecified atom stereocenters. The van der Waals surface area contributed by atoms with E-state index in [0.29, 0.717) is 6.42 Å². The fourth-order valence-electron chi connectivity index (χ4n) is 1.66. The zero-order valence-electron chi connectivity index (χ0n) is 8.05. The Hall–Kier alpha value is -1.06. The van der Waals surface area contributed by atoms with Crippen molar-refractivity contribution in [3.63, 3.8) is 0 Å². The third-order valence-corrected chi connectivity index (χ3v) is 2.59. The number of hydrogen-bond acceptors (Lipinski definition) is 2. The number of carbonyl (C=O) groups is 1. The molecule has 4 nitrogen and oxygen atoms in total. The van der Waals surface area contributed by atoms with Crippen LogP contribution in [0.1, 0.15) is 26.2 Å². The topological polar surface area (TPSA) is 70.2 Å². The molecule has 4 heteroatoms. The van der Waals surface area contributed by atoms with Gasteiger partial charge in [0.1, 0.15) is 0 Å². The number of rotatable bonds is 2. The van der Waals surface area contributed by atoms with Crippen LogP contribution in [0.4, 0.5) is 0 Å². The minimum Gasteiger partial charge on any atom is -0.387 e. The summed E-state index contributed by atoms with van der Waals surface area (Å²) in [6.07, 6.45) is 2.27. The van der Waals surface area contributed by atoms with Gasteiger partial charge in [0.25, 0.3) is 0 Å². The third kappa shape index (κ3) is 2.44. The van der Waals surface area contributed by atoms with Crippen molar-refractivity contribution < 1.29 is 4.79 Å². The zero-order chi connectivity index (χ0) is 9.84. The summed E-state index contributed by atoms with van der Waals surface area (Å²) in [7, 11) is 0. The largest absolute Gasteiger partial charge is 0.387 e. The highest BCUT2D eigenvalue weighted by atomic mass is 16.2. The maximum atomic E-state index is 11.3. The molecular weight excluding hydrogens is 166 g/mol. The van der Waals surface area contributed by atoms with Crippen molar-refractivity contribution in [1.29, 1.82) is 5.41 Å². The number of amides is 1. The van der Waals surface area contributed by atoms with E-state index in [1.54, 1.807) is 0 Å². The molecule has 13 heavy (non-hydrogen) atoms. The van der Waals surface area contributed by atoms with E-state index in [9.17, 15) is 4.79 Å². The van der Waals surface area contributed by atoms with Crippen molar-refractivity contribution in [3.05, 3.63) is 0 Å². The first-order valence-electron chi connectivity index (χ1n) is 4.76. The van der Waals surface area contributed by atoms with Gasteiger partial charge >= 0.3 is 0 Å². The highest BCUT2D eigenvalue weighted by Gasteiger charge is 2.22. The van der Waals surface area contributed by atoms with Gasteiger partial charge in [-0.1, -0.05) is 6.92 Å². The number of nitrogens with one attached hydrogen (secondary N) is 1. The maximum absolute atomic E-state index is 11.3. The summed E-state index contributed by atoms with van der Waals surface area (Å²) in [5.74, 6) is 0.673. The van der Waals surface area contributed by atoms with E-state index in [4.69, 9.17) is 11.1 Å². The third-order valence-electron chi connectivity index (χ3n) is 2.59. The lowest BCUT2D eigenvalue weighted by atomic mass is 9.96. The summed E-state index contributed by atoms with van der Waals surface area (Å²) in [6, 6.07) is 0. The quantitative estimate of drug-likeness (QED) is 0.485. The zero-order valence-corrected chi connectivity index (χ0v) is 8.05. The first kappa shape index (κ1) is 10.0. The molecule has 1 fully saturated rings. The fourth-order valence-corrected chi connectivity index (χ4v) is 1.66. The Morgan fingerprint density at radius 1 is 1.54 bits per heavy atom. The highest BCUT2D eigenvalue weighted by Crippen LogP contribution is 2.17. The van der Waals surface area contributed by atoms with E-state index in [1.807, 2.05) is 11.8 Å². The SMILES string of the molecule is CCC(=O)N1CCC(C(=N)N)CC1. The molecule has 1 rings (SSSR count). The van der Waals surface area contributed by atoms with Crippen LogP contribution in [-0.2, 0) is 4.79 Å². The Balaban J connectivity index is 2.39. The van der Waals surface area contributed by atoms with Gasteiger partial charge in [0.15, 0.2) is 0 Å². The summed E-state index contributed by atoms with van der Waals surface area (Å²) >= 11 is 0. The molecule has 0 aromatic rings. The van der Waals surface area contributed by atoms with Crippen LogP contribution in [0.2, 0.25) is 0 Å². The molecule has 74 valence electrons. The minimum absolute atomic E-state index is 0.195. The lowest BCUT2D eigenvalue weighted by molar-refractivity contribution is -0.131. The molecular formula is C9H17N3O. The van der Waals surface area contributed by atoms with E-state index in [0.717, 1.165) is 25.9 Å². The standard InChI is InChI=1S/C9H17N3O/c1-2-8(13)12-5-3-7(4-6-12)9(10)11/h7H,2-6H2,1H3,(H3,10,11). The van der Waals surface area contributed by atoms with Crippen LogP contribution < -0.4 is 5.73 Å². The van der Waals surface area contributed by atoms with Crippen LogP contribution in [0.5, 0.6) is 0 Å². The maximum Gasteiger partial charge on any atom is 0.222 e. The molecule has 3 N–H and O–H groups in total. The number of carbonyl (C=O) groups excluding carboxylic acids is 1.